The van der Waals surface area contributed by atoms with Crippen molar-refractivity contribution < 1.29 is 22.0 Å². The van der Waals surface area contributed by atoms with E-state index in [9.17, 15) is 22.0 Å². The number of hydrogen-bond donors (Lipinski definition) is 0. The van der Waals surface area contributed by atoms with Crippen LogP contribution in [-0.4, -0.2) is 0 Å². The number of aryl methyl sites for hydroxylation is 3. The van der Waals surface area contributed by atoms with Crippen LogP contribution in [0.3, 0.4) is 0 Å². The molecule has 0 aliphatic carbocycles. The molecule has 0 aliphatic heterocycles. The third-order valence-electron chi connectivity index (χ3n) is 3.85. The molecule has 0 amide bonds. The normalized spacial score (nSPS) is 12.6. The van der Waals surface area contributed by atoms with Crippen LogP contribution in [0, 0.1) is 49.9 Å². The lowest BCUT2D eigenvalue weighted by Crippen LogP contribution is -2.12. The lowest BCUT2D eigenvalue weighted by molar-refractivity contribution is 0.368. The van der Waals surface area contributed by atoms with Gasteiger partial charge in [-0.15, -0.1) is 0 Å². The summed E-state index contributed by atoms with van der Waals surface area (Å²) in [7, 11) is 0. The molecule has 0 nitrogen and oxygen atoms in total. The lowest BCUT2D eigenvalue weighted by atomic mass is 9.85. The average Bonchev–Trinajstić information content (AvgIpc) is 2.42. The van der Waals surface area contributed by atoms with Gasteiger partial charge < -0.3 is 0 Å². The molecule has 22 heavy (non-hydrogen) atoms. The molecule has 2 rings (SSSR count). The summed E-state index contributed by atoms with van der Waals surface area (Å²) in [5.74, 6) is -10.5. The summed E-state index contributed by atoms with van der Waals surface area (Å²) in [6, 6.07) is 3.62. The van der Waals surface area contributed by atoms with Crippen molar-refractivity contribution in [3.63, 3.8) is 0 Å². The minimum atomic E-state index is -2.14. The zero-order chi connectivity index (χ0) is 16.8. The first-order valence-electron chi connectivity index (χ1n) is 6.75. The van der Waals surface area contributed by atoms with Crippen molar-refractivity contribution in [2.75, 3.05) is 0 Å². The molecule has 5 heteroatoms. The highest BCUT2D eigenvalue weighted by atomic mass is 19.2. The van der Waals surface area contributed by atoms with Gasteiger partial charge in [0.05, 0.1) is 0 Å². The maximum absolute atomic E-state index is 14.0. The second-order valence-electron chi connectivity index (χ2n) is 5.52. The molecule has 1 unspecified atom stereocenters. The van der Waals surface area contributed by atoms with Gasteiger partial charge in [-0.3, -0.25) is 0 Å². The van der Waals surface area contributed by atoms with Crippen molar-refractivity contribution >= 4 is 0 Å². The fraction of sp³-hybridized carbons (Fsp3) is 0.294. The molecule has 0 aromatic heterocycles. The number of benzene rings is 2. The average molecular weight is 314 g/mol. The fourth-order valence-corrected chi connectivity index (χ4v) is 3.02. The topological polar surface area (TPSA) is 0 Å². The van der Waals surface area contributed by atoms with E-state index in [4.69, 9.17) is 0 Å². The highest BCUT2D eigenvalue weighted by molar-refractivity contribution is 5.45. The summed E-state index contributed by atoms with van der Waals surface area (Å²) >= 11 is 0. The van der Waals surface area contributed by atoms with Crippen molar-refractivity contribution in [1.82, 2.24) is 0 Å². The summed E-state index contributed by atoms with van der Waals surface area (Å²) < 4.78 is 67.8. The van der Waals surface area contributed by atoms with Crippen molar-refractivity contribution in [3.05, 3.63) is 69.0 Å². The Bertz CT molecular complexity index is 697. The number of halogens is 5. The van der Waals surface area contributed by atoms with E-state index in [2.05, 4.69) is 0 Å². The van der Waals surface area contributed by atoms with E-state index in [1.807, 2.05) is 19.1 Å². The van der Waals surface area contributed by atoms with Gasteiger partial charge in [-0.2, -0.15) is 0 Å². The Morgan fingerprint density at radius 3 is 1.41 bits per heavy atom. The summed E-state index contributed by atoms with van der Waals surface area (Å²) in [5, 5.41) is 0. The maximum Gasteiger partial charge on any atom is 0.200 e. The van der Waals surface area contributed by atoms with Crippen molar-refractivity contribution in [2.24, 2.45) is 0 Å². The molecule has 0 N–H and O–H groups in total. The Labute approximate surface area is 125 Å². The first-order valence-corrected chi connectivity index (χ1v) is 6.75. The van der Waals surface area contributed by atoms with E-state index in [0.717, 1.165) is 16.7 Å². The molecule has 0 saturated carbocycles. The zero-order valence-electron chi connectivity index (χ0n) is 12.6. The van der Waals surface area contributed by atoms with Crippen LogP contribution in [0.5, 0.6) is 0 Å². The van der Waals surface area contributed by atoms with E-state index < -0.39 is 40.6 Å². The first kappa shape index (κ1) is 16.5. The molecule has 0 heterocycles. The van der Waals surface area contributed by atoms with E-state index in [0.29, 0.717) is 5.56 Å². The van der Waals surface area contributed by atoms with E-state index in [1.165, 1.54) is 6.92 Å². The minimum absolute atomic E-state index is 0.564. The molecular formula is C17H15F5. The third kappa shape index (κ3) is 2.49. The monoisotopic (exact) mass is 314 g/mol. The molecule has 0 aliphatic rings. The third-order valence-corrected chi connectivity index (χ3v) is 3.85. The smallest absolute Gasteiger partial charge is 0.200 e. The fourth-order valence-electron chi connectivity index (χ4n) is 3.02. The highest BCUT2D eigenvalue weighted by Crippen LogP contribution is 2.35. The largest absolute Gasteiger partial charge is 0.203 e. The standard InChI is InChI=1S/C17H15F5/c1-7-5-8(2)11(9(3)6-7)10(4)12-13(18)15(20)17(22)16(21)14(12)19/h5-6,10H,1-4H3. The summed E-state index contributed by atoms with van der Waals surface area (Å²) in [6.45, 7) is 6.80. The highest BCUT2D eigenvalue weighted by Gasteiger charge is 2.30. The van der Waals surface area contributed by atoms with Gasteiger partial charge in [0.25, 0.3) is 0 Å². The predicted octanol–water partition coefficient (Wildman–Crippen LogP) is 5.46. The molecule has 118 valence electrons. The Balaban J connectivity index is 2.73. The molecule has 0 bridgehead atoms. The number of rotatable bonds is 2. The summed E-state index contributed by atoms with van der Waals surface area (Å²) in [4.78, 5) is 0. The van der Waals surface area contributed by atoms with Crippen LogP contribution in [-0.2, 0) is 0 Å². The SMILES string of the molecule is Cc1cc(C)c(C(C)c2c(F)c(F)c(F)c(F)c2F)c(C)c1. The van der Waals surface area contributed by atoms with Crippen LogP contribution in [0.15, 0.2) is 12.1 Å². The molecule has 2 aromatic rings. The predicted molar refractivity (Wildman–Crippen MR) is 74.4 cm³/mol. The van der Waals surface area contributed by atoms with Gasteiger partial charge >= 0.3 is 0 Å². The van der Waals surface area contributed by atoms with E-state index in [-0.39, 0.29) is 0 Å². The molecule has 0 saturated heterocycles. The van der Waals surface area contributed by atoms with Crippen molar-refractivity contribution in [2.45, 2.75) is 33.6 Å². The van der Waals surface area contributed by atoms with Gasteiger partial charge in [0.2, 0.25) is 5.82 Å². The van der Waals surface area contributed by atoms with Crippen LogP contribution in [0.25, 0.3) is 0 Å². The Kier molecular flexibility index (Phi) is 4.27. The Hall–Kier alpha value is -1.91. The Morgan fingerprint density at radius 2 is 1.00 bits per heavy atom. The van der Waals surface area contributed by atoms with Crippen LogP contribution < -0.4 is 0 Å². The maximum atomic E-state index is 14.0. The summed E-state index contributed by atoms with van der Waals surface area (Å²) in [6.07, 6.45) is 0. The first-order chi connectivity index (χ1) is 10.2. The molecule has 2 aromatic carbocycles. The second kappa shape index (κ2) is 5.71. The van der Waals surface area contributed by atoms with Crippen LogP contribution in [0.4, 0.5) is 22.0 Å². The van der Waals surface area contributed by atoms with Crippen LogP contribution >= 0.6 is 0 Å². The molecule has 0 fully saturated rings. The van der Waals surface area contributed by atoms with Crippen LogP contribution in [0.1, 0.15) is 40.7 Å². The van der Waals surface area contributed by atoms with Crippen LogP contribution in [0.2, 0.25) is 0 Å². The van der Waals surface area contributed by atoms with Gasteiger partial charge in [0.1, 0.15) is 0 Å². The molecular weight excluding hydrogens is 299 g/mol. The Morgan fingerprint density at radius 1 is 0.636 bits per heavy atom. The van der Waals surface area contributed by atoms with Crippen molar-refractivity contribution in [3.8, 4) is 0 Å². The van der Waals surface area contributed by atoms with Gasteiger partial charge in [-0.25, -0.2) is 22.0 Å². The lowest BCUT2D eigenvalue weighted by Gasteiger charge is -2.20. The molecule has 1 atom stereocenters. The van der Waals surface area contributed by atoms with E-state index in [1.54, 1.807) is 13.8 Å². The second-order valence-corrected chi connectivity index (χ2v) is 5.52. The van der Waals surface area contributed by atoms with E-state index >= 15 is 0 Å². The summed E-state index contributed by atoms with van der Waals surface area (Å²) in [5.41, 5.74) is 2.21. The van der Waals surface area contributed by atoms with Gasteiger partial charge in [0.15, 0.2) is 23.3 Å². The molecule has 0 spiro atoms. The minimum Gasteiger partial charge on any atom is -0.203 e. The van der Waals surface area contributed by atoms with Gasteiger partial charge in [-0.1, -0.05) is 24.6 Å². The van der Waals surface area contributed by atoms with Crippen molar-refractivity contribution in [1.29, 1.82) is 0 Å². The molecule has 0 radical (unpaired) electrons. The number of hydrogen-bond acceptors (Lipinski definition) is 0. The quantitative estimate of drug-likeness (QED) is 0.392. The zero-order valence-corrected chi connectivity index (χ0v) is 12.6. The van der Waals surface area contributed by atoms with Gasteiger partial charge in [0, 0.05) is 11.5 Å². The van der Waals surface area contributed by atoms with Gasteiger partial charge in [-0.05, 0) is 37.5 Å².